The molecule has 32 heavy (non-hydrogen) atoms. The minimum atomic E-state index is -3.97. The molecule has 0 aliphatic heterocycles. The zero-order chi connectivity index (χ0) is 23.6. The number of nitrogens with zero attached hydrogens (tertiary/aromatic N) is 1. The summed E-state index contributed by atoms with van der Waals surface area (Å²) in [6, 6.07) is 15.7. The third-order valence-electron chi connectivity index (χ3n) is 5.94. The standard InChI is InChI=1S/C26H29NO4S/c1-20-12-14-22(15-13-20)32(30,31)27(16-8-11-21-9-6-5-7-10-21)18-24(29)26(4)19-25(2,3)17-23(26)28/h5-7,9-10,12-15H,16-19H2,1-4H3. The maximum absolute atomic E-state index is 13.4. The number of sulfonamides is 1. The maximum Gasteiger partial charge on any atom is 0.244 e. The summed E-state index contributed by atoms with van der Waals surface area (Å²) < 4.78 is 27.8. The van der Waals surface area contributed by atoms with Gasteiger partial charge in [0.25, 0.3) is 0 Å². The molecule has 1 atom stereocenters. The Labute approximate surface area is 190 Å². The second kappa shape index (κ2) is 9.01. The van der Waals surface area contributed by atoms with Crippen molar-refractivity contribution in [3.8, 4) is 11.8 Å². The van der Waals surface area contributed by atoms with Crippen molar-refractivity contribution in [2.75, 3.05) is 13.1 Å². The number of Topliss-reactive ketones (excluding diaryl/α,β-unsaturated/α-hetero) is 2. The van der Waals surface area contributed by atoms with E-state index in [1.807, 2.05) is 51.1 Å². The molecule has 0 N–H and O–H groups in total. The molecule has 1 saturated carbocycles. The second-order valence-corrected chi connectivity index (χ2v) is 11.4. The van der Waals surface area contributed by atoms with Crippen LogP contribution in [0.3, 0.4) is 0 Å². The summed E-state index contributed by atoms with van der Waals surface area (Å²) in [5.74, 6) is 5.32. The van der Waals surface area contributed by atoms with E-state index in [0.717, 1.165) is 15.4 Å². The molecular weight excluding hydrogens is 422 g/mol. The van der Waals surface area contributed by atoms with Crippen LogP contribution in [0.2, 0.25) is 0 Å². The number of benzene rings is 2. The van der Waals surface area contributed by atoms with Gasteiger partial charge in [-0.1, -0.05) is 61.6 Å². The summed E-state index contributed by atoms with van der Waals surface area (Å²) in [4.78, 5) is 26.0. The molecule has 2 aromatic carbocycles. The molecule has 1 unspecified atom stereocenters. The Kier molecular flexibility index (Phi) is 6.73. The predicted molar refractivity (Wildman–Crippen MR) is 124 cm³/mol. The zero-order valence-corrected chi connectivity index (χ0v) is 19.8. The van der Waals surface area contributed by atoms with Gasteiger partial charge in [-0.3, -0.25) is 9.59 Å². The molecule has 0 saturated heterocycles. The molecule has 1 aliphatic rings. The summed E-state index contributed by atoms with van der Waals surface area (Å²) in [5.41, 5.74) is 0.222. The first-order valence-corrected chi connectivity index (χ1v) is 12.1. The average molecular weight is 452 g/mol. The fourth-order valence-electron chi connectivity index (χ4n) is 4.17. The molecule has 1 aliphatic carbocycles. The van der Waals surface area contributed by atoms with E-state index < -0.39 is 22.0 Å². The minimum absolute atomic E-state index is 0.0978. The van der Waals surface area contributed by atoms with Crippen molar-refractivity contribution in [1.82, 2.24) is 4.31 Å². The van der Waals surface area contributed by atoms with Crippen molar-refractivity contribution in [2.45, 2.75) is 45.4 Å². The fourth-order valence-corrected chi connectivity index (χ4v) is 5.47. The monoisotopic (exact) mass is 451 g/mol. The van der Waals surface area contributed by atoms with E-state index in [-0.39, 0.29) is 28.4 Å². The Morgan fingerprint density at radius 1 is 1.03 bits per heavy atom. The van der Waals surface area contributed by atoms with Gasteiger partial charge in [0, 0.05) is 12.0 Å². The number of hydrogen-bond donors (Lipinski definition) is 0. The Morgan fingerprint density at radius 2 is 1.66 bits per heavy atom. The Bertz CT molecular complexity index is 1170. The van der Waals surface area contributed by atoms with Crippen molar-refractivity contribution in [3.63, 3.8) is 0 Å². The van der Waals surface area contributed by atoms with Crippen LogP contribution in [0.5, 0.6) is 0 Å². The van der Waals surface area contributed by atoms with E-state index in [1.54, 1.807) is 19.1 Å². The lowest BCUT2D eigenvalue weighted by molar-refractivity contribution is -0.137. The third-order valence-corrected chi connectivity index (χ3v) is 7.75. The molecule has 0 aromatic heterocycles. The van der Waals surface area contributed by atoms with E-state index in [0.29, 0.717) is 12.8 Å². The van der Waals surface area contributed by atoms with Gasteiger partial charge in [0.2, 0.25) is 10.0 Å². The quantitative estimate of drug-likeness (QED) is 0.492. The van der Waals surface area contributed by atoms with Gasteiger partial charge in [0.05, 0.1) is 23.4 Å². The summed E-state index contributed by atoms with van der Waals surface area (Å²) in [7, 11) is -3.97. The molecule has 168 valence electrons. The SMILES string of the molecule is Cc1ccc(S(=O)(=O)N(CC#Cc2ccccc2)CC(=O)C2(C)CC(C)(C)CC2=O)cc1. The van der Waals surface area contributed by atoms with E-state index in [9.17, 15) is 18.0 Å². The van der Waals surface area contributed by atoms with Crippen LogP contribution in [-0.4, -0.2) is 37.4 Å². The molecule has 2 aromatic rings. The molecule has 6 heteroatoms. The number of carbonyl (C=O) groups is 2. The van der Waals surface area contributed by atoms with Crippen LogP contribution in [0.4, 0.5) is 0 Å². The Hall–Kier alpha value is -2.75. The van der Waals surface area contributed by atoms with Crippen molar-refractivity contribution in [3.05, 3.63) is 65.7 Å². The first-order valence-electron chi connectivity index (χ1n) is 10.6. The smallest absolute Gasteiger partial charge is 0.244 e. The van der Waals surface area contributed by atoms with Crippen LogP contribution in [-0.2, 0) is 19.6 Å². The van der Waals surface area contributed by atoms with Gasteiger partial charge in [0.15, 0.2) is 5.78 Å². The molecule has 0 radical (unpaired) electrons. The van der Waals surface area contributed by atoms with Crippen molar-refractivity contribution in [1.29, 1.82) is 0 Å². The highest BCUT2D eigenvalue weighted by molar-refractivity contribution is 7.89. The van der Waals surface area contributed by atoms with Gasteiger partial charge in [-0.05, 0) is 49.9 Å². The lowest BCUT2D eigenvalue weighted by Crippen LogP contribution is -2.43. The Balaban J connectivity index is 1.91. The van der Waals surface area contributed by atoms with Crippen LogP contribution in [0.15, 0.2) is 59.5 Å². The number of hydrogen-bond acceptors (Lipinski definition) is 4. The van der Waals surface area contributed by atoms with Gasteiger partial charge >= 0.3 is 0 Å². The first kappa shape index (κ1) is 23.9. The molecule has 5 nitrogen and oxygen atoms in total. The molecule has 0 bridgehead atoms. The predicted octanol–water partition coefficient (Wildman–Crippen LogP) is 4.00. The topological polar surface area (TPSA) is 71.5 Å². The zero-order valence-electron chi connectivity index (χ0n) is 19.0. The summed E-state index contributed by atoms with van der Waals surface area (Å²) in [5, 5.41) is 0. The second-order valence-electron chi connectivity index (χ2n) is 9.45. The van der Waals surface area contributed by atoms with E-state index >= 15 is 0 Å². The molecule has 0 heterocycles. The summed E-state index contributed by atoms with van der Waals surface area (Å²) in [6.07, 6.45) is 0.722. The highest BCUT2D eigenvalue weighted by atomic mass is 32.2. The van der Waals surface area contributed by atoms with Gasteiger partial charge < -0.3 is 0 Å². The normalized spacial score (nSPS) is 20.1. The molecule has 0 amide bonds. The van der Waals surface area contributed by atoms with Gasteiger partial charge in [0.1, 0.15) is 5.78 Å². The number of rotatable bonds is 6. The van der Waals surface area contributed by atoms with Crippen LogP contribution >= 0.6 is 0 Å². The van der Waals surface area contributed by atoms with Gasteiger partial charge in [-0.2, -0.15) is 4.31 Å². The minimum Gasteiger partial charge on any atom is -0.299 e. The van der Waals surface area contributed by atoms with Gasteiger partial charge in [-0.15, -0.1) is 0 Å². The maximum atomic E-state index is 13.4. The largest absolute Gasteiger partial charge is 0.299 e. The van der Waals surface area contributed by atoms with Gasteiger partial charge in [-0.25, -0.2) is 8.42 Å². The third kappa shape index (κ3) is 5.17. The van der Waals surface area contributed by atoms with E-state index in [4.69, 9.17) is 0 Å². The number of aryl methyl sites for hydroxylation is 1. The lowest BCUT2D eigenvalue weighted by Gasteiger charge is -2.27. The molecule has 0 spiro atoms. The van der Waals surface area contributed by atoms with Crippen LogP contribution in [0, 0.1) is 29.6 Å². The van der Waals surface area contributed by atoms with E-state index in [2.05, 4.69) is 11.8 Å². The van der Waals surface area contributed by atoms with Crippen LogP contribution in [0.1, 0.15) is 44.7 Å². The number of ketones is 2. The Morgan fingerprint density at radius 3 is 2.22 bits per heavy atom. The number of carbonyl (C=O) groups excluding carboxylic acids is 2. The summed E-state index contributed by atoms with van der Waals surface area (Å²) in [6.45, 7) is 6.88. The fraction of sp³-hybridized carbons (Fsp3) is 0.385. The highest BCUT2D eigenvalue weighted by Gasteiger charge is 2.52. The molecular formula is C26H29NO4S. The van der Waals surface area contributed by atoms with Crippen LogP contribution < -0.4 is 0 Å². The highest BCUT2D eigenvalue weighted by Crippen LogP contribution is 2.47. The van der Waals surface area contributed by atoms with Crippen LogP contribution in [0.25, 0.3) is 0 Å². The van der Waals surface area contributed by atoms with Crippen molar-refractivity contribution >= 4 is 21.6 Å². The van der Waals surface area contributed by atoms with Crippen molar-refractivity contribution < 1.29 is 18.0 Å². The average Bonchev–Trinajstić information content (AvgIpc) is 2.95. The molecule has 3 rings (SSSR count). The lowest BCUT2D eigenvalue weighted by atomic mass is 9.79. The van der Waals surface area contributed by atoms with Crippen molar-refractivity contribution in [2.24, 2.45) is 10.8 Å². The summed E-state index contributed by atoms with van der Waals surface area (Å²) >= 11 is 0. The first-order chi connectivity index (χ1) is 14.9. The van der Waals surface area contributed by atoms with E-state index in [1.165, 1.54) is 12.1 Å². The molecule has 1 fully saturated rings.